The highest BCUT2D eigenvalue weighted by molar-refractivity contribution is 7.12. The number of benzene rings is 1. The minimum atomic E-state index is -0.786. The molecule has 0 aliphatic carbocycles. The van der Waals surface area contributed by atoms with Gasteiger partial charge in [0.05, 0.1) is 24.8 Å². The fraction of sp³-hybridized carbons (Fsp3) is 0.222. The molecular weight excluding hydrogens is 372 g/mol. The molecule has 0 aliphatic rings. The summed E-state index contributed by atoms with van der Waals surface area (Å²) in [5.74, 6) is -0.934. The Hall–Kier alpha value is -3.20. The zero-order chi connectivity index (χ0) is 19.4. The van der Waals surface area contributed by atoms with Crippen molar-refractivity contribution in [1.82, 2.24) is 9.55 Å². The van der Waals surface area contributed by atoms with Crippen LogP contribution < -0.4 is 0 Å². The van der Waals surface area contributed by atoms with E-state index in [2.05, 4.69) is 9.72 Å². The van der Waals surface area contributed by atoms with Gasteiger partial charge in [-0.15, -0.1) is 11.3 Å². The molecule has 0 unspecified atom stereocenters. The molecule has 0 bridgehead atoms. The maximum Gasteiger partial charge on any atom is 0.510 e. The lowest BCUT2D eigenvalue weighted by atomic mass is 10.1. The van der Waals surface area contributed by atoms with E-state index in [9.17, 15) is 14.4 Å². The van der Waals surface area contributed by atoms with Crippen LogP contribution in [-0.4, -0.2) is 41.2 Å². The van der Waals surface area contributed by atoms with Crippen molar-refractivity contribution in [3.8, 4) is 0 Å². The summed E-state index contributed by atoms with van der Waals surface area (Å²) in [5.41, 5.74) is 1.19. The first-order chi connectivity index (χ1) is 13.0. The largest absolute Gasteiger partial charge is 0.510 e. The lowest BCUT2D eigenvalue weighted by Gasteiger charge is -2.06. The van der Waals surface area contributed by atoms with Crippen molar-refractivity contribution in [3.63, 3.8) is 0 Å². The first-order valence-electron chi connectivity index (χ1n) is 8.01. The van der Waals surface area contributed by atoms with Crippen LogP contribution in [0.2, 0.25) is 0 Å². The van der Waals surface area contributed by atoms with Crippen LogP contribution in [-0.2, 0) is 20.9 Å². The van der Waals surface area contributed by atoms with Crippen molar-refractivity contribution in [2.45, 2.75) is 13.7 Å². The molecule has 0 aliphatic heterocycles. The number of thiazole rings is 1. The van der Waals surface area contributed by atoms with Gasteiger partial charge in [-0.25, -0.2) is 14.6 Å². The van der Waals surface area contributed by atoms with E-state index in [4.69, 9.17) is 9.47 Å². The maximum absolute atomic E-state index is 12.9. The van der Waals surface area contributed by atoms with E-state index < -0.39 is 12.1 Å². The van der Waals surface area contributed by atoms with Crippen molar-refractivity contribution < 1.29 is 28.6 Å². The number of aromatic nitrogens is 2. The minimum absolute atomic E-state index is 0.0835. The van der Waals surface area contributed by atoms with Crippen LogP contribution in [0.15, 0.2) is 35.8 Å². The molecule has 0 amide bonds. The zero-order valence-corrected chi connectivity index (χ0v) is 15.4. The SMILES string of the molecule is CCOC(=O)OCn1cc(C(=O)c2nc(C(=O)OC)cs2)c2ccccc21. The van der Waals surface area contributed by atoms with E-state index in [0.717, 1.165) is 16.9 Å². The van der Waals surface area contributed by atoms with Crippen LogP contribution in [0.5, 0.6) is 0 Å². The zero-order valence-electron chi connectivity index (χ0n) is 14.6. The number of fused-ring (bicyclic) bond motifs is 1. The summed E-state index contributed by atoms with van der Waals surface area (Å²) in [7, 11) is 1.25. The van der Waals surface area contributed by atoms with Crippen LogP contribution in [0.3, 0.4) is 0 Å². The monoisotopic (exact) mass is 388 g/mol. The molecular formula is C18H16N2O6S. The first kappa shape index (κ1) is 18.6. The molecule has 1 aromatic carbocycles. The summed E-state index contributed by atoms with van der Waals surface area (Å²) in [5, 5.41) is 2.33. The van der Waals surface area contributed by atoms with Gasteiger partial charge in [0.15, 0.2) is 17.4 Å². The molecule has 0 N–H and O–H groups in total. The topological polar surface area (TPSA) is 96.7 Å². The fourth-order valence-corrected chi connectivity index (χ4v) is 3.25. The summed E-state index contributed by atoms with van der Waals surface area (Å²) in [6.07, 6.45) is 0.802. The van der Waals surface area contributed by atoms with Crippen molar-refractivity contribution in [2.24, 2.45) is 0 Å². The van der Waals surface area contributed by atoms with Crippen LogP contribution in [0, 0.1) is 0 Å². The molecule has 0 radical (unpaired) electrons. The van der Waals surface area contributed by atoms with Gasteiger partial charge in [-0.3, -0.25) is 4.79 Å². The predicted octanol–water partition coefficient (Wildman–Crippen LogP) is 3.25. The number of ether oxygens (including phenoxy) is 3. The number of methoxy groups -OCH3 is 1. The molecule has 2 aromatic heterocycles. The summed E-state index contributed by atoms with van der Waals surface area (Å²) in [6, 6.07) is 7.22. The molecule has 27 heavy (non-hydrogen) atoms. The number of carbonyl (C=O) groups excluding carboxylic acids is 3. The van der Waals surface area contributed by atoms with Gasteiger partial charge < -0.3 is 18.8 Å². The number of carbonyl (C=O) groups is 3. The van der Waals surface area contributed by atoms with E-state index >= 15 is 0 Å². The van der Waals surface area contributed by atoms with Gasteiger partial charge in [0.2, 0.25) is 5.78 Å². The number of nitrogens with zero attached hydrogens (tertiary/aromatic N) is 2. The van der Waals surface area contributed by atoms with Crippen LogP contribution in [0.4, 0.5) is 4.79 Å². The lowest BCUT2D eigenvalue weighted by molar-refractivity contribution is 0.0381. The normalized spacial score (nSPS) is 10.6. The van der Waals surface area contributed by atoms with Gasteiger partial charge in [-0.2, -0.15) is 0 Å². The molecule has 0 spiro atoms. The Kier molecular flexibility index (Phi) is 5.51. The third kappa shape index (κ3) is 3.82. The van der Waals surface area contributed by atoms with E-state index in [-0.39, 0.29) is 29.8 Å². The van der Waals surface area contributed by atoms with E-state index in [0.29, 0.717) is 10.9 Å². The van der Waals surface area contributed by atoms with Gasteiger partial charge in [-0.1, -0.05) is 18.2 Å². The number of para-hydroxylation sites is 1. The van der Waals surface area contributed by atoms with Crippen molar-refractivity contribution in [1.29, 1.82) is 0 Å². The average Bonchev–Trinajstić information content (AvgIpc) is 3.31. The molecule has 0 atom stereocenters. The smallest absolute Gasteiger partial charge is 0.464 e. The Morgan fingerprint density at radius 1 is 1.19 bits per heavy atom. The van der Waals surface area contributed by atoms with Crippen molar-refractivity contribution in [2.75, 3.05) is 13.7 Å². The summed E-state index contributed by atoms with van der Waals surface area (Å²) < 4.78 is 16.0. The molecule has 0 fully saturated rings. The van der Waals surface area contributed by atoms with Gasteiger partial charge in [-0.05, 0) is 13.0 Å². The third-order valence-electron chi connectivity index (χ3n) is 3.71. The lowest BCUT2D eigenvalue weighted by Crippen LogP contribution is -2.10. The quantitative estimate of drug-likeness (QED) is 0.472. The second-order valence-corrected chi connectivity index (χ2v) is 6.20. The Balaban J connectivity index is 1.92. The molecule has 0 saturated heterocycles. The van der Waals surface area contributed by atoms with E-state index in [1.807, 2.05) is 12.1 Å². The van der Waals surface area contributed by atoms with Gasteiger partial charge in [0.25, 0.3) is 0 Å². The molecule has 3 aromatic rings. The minimum Gasteiger partial charge on any atom is -0.464 e. The highest BCUT2D eigenvalue weighted by Crippen LogP contribution is 2.25. The van der Waals surface area contributed by atoms with Crippen LogP contribution >= 0.6 is 11.3 Å². The van der Waals surface area contributed by atoms with E-state index in [1.165, 1.54) is 12.5 Å². The van der Waals surface area contributed by atoms with Crippen molar-refractivity contribution in [3.05, 3.63) is 52.1 Å². The highest BCUT2D eigenvalue weighted by atomic mass is 32.1. The number of esters is 1. The number of hydrogen-bond donors (Lipinski definition) is 0. The summed E-state index contributed by atoms with van der Waals surface area (Å²) in [4.78, 5) is 39.9. The highest BCUT2D eigenvalue weighted by Gasteiger charge is 2.21. The average molecular weight is 388 g/mol. The molecule has 9 heteroatoms. The van der Waals surface area contributed by atoms with Crippen LogP contribution in [0.25, 0.3) is 10.9 Å². The molecule has 8 nitrogen and oxygen atoms in total. The Morgan fingerprint density at radius 2 is 1.96 bits per heavy atom. The predicted molar refractivity (Wildman–Crippen MR) is 96.9 cm³/mol. The molecule has 140 valence electrons. The Morgan fingerprint density at radius 3 is 2.70 bits per heavy atom. The molecule has 3 rings (SSSR count). The number of rotatable bonds is 6. The van der Waals surface area contributed by atoms with Crippen LogP contribution in [0.1, 0.15) is 32.8 Å². The van der Waals surface area contributed by atoms with E-state index in [1.54, 1.807) is 29.8 Å². The fourth-order valence-electron chi connectivity index (χ4n) is 2.51. The standard InChI is InChI=1S/C18H16N2O6S/c1-3-25-18(23)26-10-20-8-12(11-6-4-5-7-14(11)20)15(21)16-19-13(9-27-16)17(22)24-2/h4-9H,3,10H2,1-2H3. The second kappa shape index (κ2) is 8.00. The Bertz CT molecular complexity index is 1010. The third-order valence-corrected chi connectivity index (χ3v) is 4.55. The maximum atomic E-state index is 12.9. The number of ketones is 1. The van der Waals surface area contributed by atoms with Crippen molar-refractivity contribution >= 4 is 40.1 Å². The number of hydrogen-bond acceptors (Lipinski definition) is 8. The summed E-state index contributed by atoms with van der Waals surface area (Å²) >= 11 is 1.06. The molecule has 2 heterocycles. The first-order valence-corrected chi connectivity index (χ1v) is 8.89. The van der Waals surface area contributed by atoms with Gasteiger partial charge >= 0.3 is 12.1 Å². The van der Waals surface area contributed by atoms with Gasteiger partial charge in [0.1, 0.15) is 0 Å². The second-order valence-electron chi connectivity index (χ2n) is 5.34. The van der Waals surface area contributed by atoms with Gasteiger partial charge in [0, 0.05) is 17.0 Å². The Labute approximate surface area is 158 Å². The summed E-state index contributed by atoms with van der Waals surface area (Å²) in [6.45, 7) is 1.79. The molecule has 0 saturated carbocycles.